The van der Waals surface area contributed by atoms with E-state index < -0.39 is 0 Å². The predicted molar refractivity (Wildman–Crippen MR) is 86.4 cm³/mol. The molecule has 0 bridgehead atoms. The van der Waals surface area contributed by atoms with Crippen molar-refractivity contribution in [3.05, 3.63) is 58.6 Å². The number of amides is 1. The molecule has 110 valence electrons. The van der Waals surface area contributed by atoms with Gasteiger partial charge in [0.2, 0.25) is 0 Å². The zero-order valence-corrected chi connectivity index (χ0v) is 13.1. The molecule has 21 heavy (non-hydrogen) atoms. The quantitative estimate of drug-likeness (QED) is 0.814. The second-order valence-electron chi connectivity index (χ2n) is 4.34. The highest BCUT2D eigenvalue weighted by Crippen LogP contribution is 2.26. The summed E-state index contributed by atoms with van der Waals surface area (Å²) in [4.78, 5) is 13.9. The summed E-state index contributed by atoms with van der Waals surface area (Å²) < 4.78 is 5.47. The minimum atomic E-state index is -0.116. The fourth-order valence-electron chi connectivity index (χ4n) is 1.90. The van der Waals surface area contributed by atoms with Crippen molar-refractivity contribution in [3.63, 3.8) is 0 Å². The zero-order valence-electron chi connectivity index (χ0n) is 11.6. The van der Waals surface area contributed by atoms with Gasteiger partial charge < -0.3 is 9.64 Å². The lowest BCUT2D eigenvalue weighted by Crippen LogP contribution is -2.34. The SMILES string of the molecule is CCN(C(=O)COc1ccc(Cl)c(Cl)c1)c1ccccc1. The Bertz CT molecular complexity index is 617. The molecule has 3 nitrogen and oxygen atoms in total. The summed E-state index contributed by atoms with van der Waals surface area (Å²) in [5.74, 6) is 0.400. The molecule has 1 amide bonds. The number of benzene rings is 2. The number of carbonyl (C=O) groups excluding carboxylic acids is 1. The Morgan fingerprint density at radius 3 is 2.43 bits per heavy atom. The van der Waals surface area contributed by atoms with Crippen LogP contribution in [0.1, 0.15) is 6.92 Å². The summed E-state index contributed by atoms with van der Waals surface area (Å²) in [6, 6.07) is 14.4. The number of anilines is 1. The Morgan fingerprint density at radius 1 is 1.10 bits per heavy atom. The monoisotopic (exact) mass is 323 g/mol. The first-order valence-corrected chi connectivity index (χ1v) is 7.30. The third-order valence-corrected chi connectivity index (χ3v) is 3.68. The van der Waals surface area contributed by atoms with E-state index in [1.165, 1.54) is 0 Å². The second kappa shape index (κ2) is 7.34. The maximum Gasteiger partial charge on any atom is 0.264 e. The molecule has 0 saturated heterocycles. The lowest BCUT2D eigenvalue weighted by atomic mass is 10.3. The Kier molecular flexibility index (Phi) is 5.48. The van der Waals surface area contributed by atoms with Crippen molar-refractivity contribution in [1.82, 2.24) is 0 Å². The van der Waals surface area contributed by atoms with Crippen molar-refractivity contribution in [2.75, 3.05) is 18.1 Å². The molecule has 0 saturated carbocycles. The molecule has 5 heteroatoms. The van der Waals surface area contributed by atoms with Crippen LogP contribution in [-0.4, -0.2) is 19.1 Å². The van der Waals surface area contributed by atoms with Gasteiger partial charge in [-0.25, -0.2) is 0 Å². The van der Waals surface area contributed by atoms with Crippen LogP contribution < -0.4 is 9.64 Å². The molecule has 0 aliphatic carbocycles. The topological polar surface area (TPSA) is 29.5 Å². The van der Waals surface area contributed by atoms with Crippen LogP contribution in [0.5, 0.6) is 5.75 Å². The van der Waals surface area contributed by atoms with Gasteiger partial charge in [-0.05, 0) is 31.2 Å². The molecular weight excluding hydrogens is 309 g/mol. The molecule has 0 atom stereocenters. The lowest BCUT2D eigenvalue weighted by molar-refractivity contribution is -0.120. The lowest BCUT2D eigenvalue weighted by Gasteiger charge is -2.21. The molecule has 0 spiro atoms. The highest BCUT2D eigenvalue weighted by molar-refractivity contribution is 6.42. The third-order valence-electron chi connectivity index (χ3n) is 2.94. The van der Waals surface area contributed by atoms with E-state index in [4.69, 9.17) is 27.9 Å². The van der Waals surface area contributed by atoms with Crippen LogP contribution in [0.3, 0.4) is 0 Å². The van der Waals surface area contributed by atoms with Gasteiger partial charge in [-0.3, -0.25) is 4.79 Å². The highest BCUT2D eigenvalue weighted by atomic mass is 35.5. The summed E-state index contributed by atoms with van der Waals surface area (Å²) in [6.45, 7) is 2.44. The number of likely N-dealkylation sites (N-methyl/N-ethyl adjacent to an activating group) is 1. The molecule has 0 N–H and O–H groups in total. The number of ether oxygens (including phenoxy) is 1. The Morgan fingerprint density at radius 2 is 1.81 bits per heavy atom. The largest absolute Gasteiger partial charge is 0.484 e. The van der Waals surface area contributed by atoms with E-state index in [0.29, 0.717) is 22.3 Å². The van der Waals surface area contributed by atoms with Gasteiger partial charge in [0.25, 0.3) is 5.91 Å². The van der Waals surface area contributed by atoms with Crippen LogP contribution in [0.4, 0.5) is 5.69 Å². The minimum absolute atomic E-state index is 0.0549. The summed E-state index contributed by atoms with van der Waals surface area (Å²) in [5.41, 5.74) is 0.850. The van der Waals surface area contributed by atoms with Gasteiger partial charge in [0.1, 0.15) is 5.75 Å². The first kappa shape index (κ1) is 15.7. The second-order valence-corrected chi connectivity index (χ2v) is 5.15. The molecule has 2 rings (SSSR count). The summed E-state index contributed by atoms with van der Waals surface area (Å²) in [6.07, 6.45) is 0. The van der Waals surface area contributed by atoms with Gasteiger partial charge in [-0.15, -0.1) is 0 Å². The molecule has 0 fully saturated rings. The van der Waals surface area contributed by atoms with E-state index in [-0.39, 0.29) is 12.5 Å². The number of halogens is 2. The zero-order chi connectivity index (χ0) is 15.2. The Labute approximate surface area is 134 Å². The average Bonchev–Trinajstić information content (AvgIpc) is 2.50. The molecule has 0 unspecified atom stereocenters. The van der Waals surface area contributed by atoms with E-state index in [0.717, 1.165) is 5.69 Å². The molecule has 2 aromatic rings. The minimum Gasteiger partial charge on any atom is -0.484 e. The van der Waals surface area contributed by atoms with Crippen LogP contribution in [0, 0.1) is 0 Å². The van der Waals surface area contributed by atoms with E-state index >= 15 is 0 Å². The summed E-state index contributed by atoms with van der Waals surface area (Å²) >= 11 is 11.7. The first-order chi connectivity index (χ1) is 10.1. The van der Waals surface area contributed by atoms with Crippen LogP contribution >= 0.6 is 23.2 Å². The fourth-order valence-corrected chi connectivity index (χ4v) is 2.19. The Hall–Kier alpha value is -1.71. The van der Waals surface area contributed by atoms with Gasteiger partial charge in [-0.1, -0.05) is 41.4 Å². The van der Waals surface area contributed by atoms with Gasteiger partial charge >= 0.3 is 0 Å². The van der Waals surface area contributed by atoms with Crippen molar-refractivity contribution in [3.8, 4) is 5.75 Å². The molecule has 0 heterocycles. The van der Waals surface area contributed by atoms with Crippen LogP contribution in [0.15, 0.2) is 48.5 Å². The predicted octanol–water partition coefficient (Wildman–Crippen LogP) is 4.43. The van der Waals surface area contributed by atoms with Crippen molar-refractivity contribution in [2.45, 2.75) is 6.92 Å². The molecule has 0 aliphatic rings. The number of nitrogens with zero attached hydrogens (tertiary/aromatic N) is 1. The van der Waals surface area contributed by atoms with Gasteiger partial charge in [-0.2, -0.15) is 0 Å². The molecule has 2 aromatic carbocycles. The van der Waals surface area contributed by atoms with Gasteiger partial charge in [0, 0.05) is 18.3 Å². The first-order valence-electron chi connectivity index (χ1n) is 6.55. The van der Waals surface area contributed by atoms with Crippen molar-refractivity contribution >= 4 is 34.8 Å². The van der Waals surface area contributed by atoms with Gasteiger partial charge in [0.15, 0.2) is 6.61 Å². The maximum atomic E-state index is 12.2. The number of para-hydroxylation sites is 1. The van der Waals surface area contributed by atoms with E-state index in [2.05, 4.69) is 0 Å². The standard InChI is InChI=1S/C16H15Cl2NO2/c1-2-19(12-6-4-3-5-7-12)16(20)11-21-13-8-9-14(17)15(18)10-13/h3-10H,2,11H2,1H3. The van der Waals surface area contributed by atoms with Crippen LogP contribution in [0.25, 0.3) is 0 Å². The number of hydrogen-bond acceptors (Lipinski definition) is 2. The third kappa shape index (κ3) is 4.13. The smallest absolute Gasteiger partial charge is 0.264 e. The highest BCUT2D eigenvalue weighted by Gasteiger charge is 2.14. The normalized spacial score (nSPS) is 10.2. The van der Waals surface area contributed by atoms with Crippen molar-refractivity contribution < 1.29 is 9.53 Å². The van der Waals surface area contributed by atoms with E-state index in [9.17, 15) is 4.79 Å². The average molecular weight is 324 g/mol. The van der Waals surface area contributed by atoms with Crippen LogP contribution in [-0.2, 0) is 4.79 Å². The molecule has 0 radical (unpaired) electrons. The van der Waals surface area contributed by atoms with E-state index in [1.807, 2.05) is 37.3 Å². The summed E-state index contributed by atoms with van der Waals surface area (Å²) in [5, 5.41) is 0.854. The summed E-state index contributed by atoms with van der Waals surface area (Å²) in [7, 11) is 0. The number of hydrogen-bond donors (Lipinski definition) is 0. The number of carbonyl (C=O) groups is 1. The molecule has 0 aliphatic heterocycles. The number of rotatable bonds is 5. The van der Waals surface area contributed by atoms with Crippen molar-refractivity contribution in [2.24, 2.45) is 0 Å². The van der Waals surface area contributed by atoms with Gasteiger partial charge in [0.05, 0.1) is 10.0 Å². The molecular formula is C16H15Cl2NO2. The van der Waals surface area contributed by atoms with Crippen LogP contribution in [0.2, 0.25) is 10.0 Å². The Balaban J connectivity index is 2.01. The van der Waals surface area contributed by atoms with E-state index in [1.54, 1.807) is 23.1 Å². The maximum absolute atomic E-state index is 12.2. The van der Waals surface area contributed by atoms with Crippen molar-refractivity contribution in [1.29, 1.82) is 0 Å². The molecule has 0 aromatic heterocycles. The fraction of sp³-hybridized carbons (Fsp3) is 0.188.